The molecule has 3 heteroatoms. The zero-order valence-corrected chi connectivity index (χ0v) is 11.9. The van der Waals surface area contributed by atoms with Crippen LogP contribution in [0, 0.1) is 12.8 Å². The molecular formula is C16H25NO2. The average Bonchev–Trinajstić information content (AvgIpc) is 2.80. The molecule has 1 aliphatic rings. The molecule has 3 unspecified atom stereocenters. The number of ether oxygens (including phenoxy) is 1. The third-order valence-corrected chi connectivity index (χ3v) is 3.91. The van der Waals surface area contributed by atoms with Crippen LogP contribution >= 0.6 is 0 Å². The summed E-state index contributed by atoms with van der Waals surface area (Å²) in [6, 6.07) is 8.47. The first-order chi connectivity index (χ1) is 9.15. The highest BCUT2D eigenvalue weighted by Gasteiger charge is 2.23. The Morgan fingerprint density at radius 1 is 1.42 bits per heavy atom. The zero-order chi connectivity index (χ0) is 13.7. The van der Waals surface area contributed by atoms with Crippen LogP contribution in [0.15, 0.2) is 24.3 Å². The Balaban J connectivity index is 1.68. The molecule has 0 bridgehead atoms. The average molecular weight is 263 g/mol. The molecule has 19 heavy (non-hydrogen) atoms. The lowest BCUT2D eigenvalue weighted by Crippen LogP contribution is -2.39. The van der Waals surface area contributed by atoms with E-state index in [1.165, 1.54) is 24.8 Å². The van der Waals surface area contributed by atoms with Gasteiger partial charge in [0.2, 0.25) is 0 Å². The van der Waals surface area contributed by atoms with Gasteiger partial charge in [0.15, 0.2) is 0 Å². The van der Waals surface area contributed by atoms with E-state index in [9.17, 15) is 5.11 Å². The molecule has 2 rings (SSSR count). The fourth-order valence-electron chi connectivity index (χ4n) is 2.69. The monoisotopic (exact) mass is 263 g/mol. The third kappa shape index (κ3) is 4.51. The maximum atomic E-state index is 9.94. The second kappa shape index (κ2) is 6.92. The summed E-state index contributed by atoms with van der Waals surface area (Å²) >= 11 is 0. The van der Waals surface area contributed by atoms with Crippen LogP contribution in [-0.4, -0.2) is 30.4 Å². The van der Waals surface area contributed by atoms with Crippen molar-refractivity contribution in [3.05, 3.63) is 29.8 Å². The Labute approximate surface area is 116 Å². The maximum absolute atomic E-state index is 9.94. The first kappa shape index (κ1) is 14.4. The van der Waals surface area contributed by atoms with Crippen LogP contribution in [0.3, 0.4) is 0 Å². The molecule has 1 aromatic rings. The van der Waals surface area contributed by atoms with Crippen LogP contribution in [0.2, 0.25) is 0 Å². The summed E-state index contributed by atoms with van der Waals surface area (Å²) in [5.74, 6) is 1.55. The standard InChI is InChI=1S/C16H25NO2/c1-12-5-3-7-15(9-12)19-11-14(18)10-17-16-8-4-6-13(16)2/h3,5,7,9,13-14,16-18H,4,6,8,10-11H2,1-2H3. The molecule has 1 fully saturated rings. The minimum absolute atomic E-state index is 0.345. The molecule has 1 aromatic carbocycles. The van der Waals surface area contributed by atoms with Gasteiger partial charge in [-0.15, -0.1) is 0 Å². The number of benzene rings is 1. The Morgan fingerprint density at radius 2 is 2.26 bits per heavy atom. The summed E-state index contributed by atoms with van der Waals surface area (Å²) in [5, 5.41) is 13.4. The molecule has 106 valence electrons. The summed E-state index contributed by atoms with van der Waals surface area (Å²) < 4.78 is 5.60. The summed E-state index contributed by atoms with van der Waals surface area (Å²) in [4.78, 5) is 0. The molecular weight excluding hydrogens is 238 g/mol. The zero-order valence-electron chi connectivity index (χ0n) is 11.9. The van der Waals surface area contributed by atoms with Crippen molar-refractivity contribution >= 4 is 0 Å². The predicted octanol–water partition coefficient (Wildman–Crippen LogP) is 2.51. The van der Waals surface area contributed by atoms with Crippen molar-refractivity contribution in [2.45, 2.75) is 45.3 Å². The summed E-state index contributed by atoms with van der Waals surface area (Å²) in [6.07, 6.45) is 3.38. The van der Waals surface area contributed by atoms with Crippen molar-refractivity contribution < 1.29 is 9.84 Å². The number of hydrogen-bond donors (Lipinski definition) is 2. The van der Waals surface area contributed by atoms with Crippen molar-refractivity contribution in [3.8, 4) is 5.75 Å². The lowest BCUT2D eigenvalue weighted by molar-refractivity contribution is 0.102. The van der Waals surface area contributed by atoms with Gasteiger partial charge in [0.05, 0.1) is 0 Å². The fourth-order valence-corrected chi connectivity index (χ4v) is 2.69. The van der Waals surface area contributed by atoms with E-state index in [1.54, 1.807) is 0 Å². The smallest absolute Gasteiger partial charge is 0.119 e. The molecule has 0 amide bonds. The number of hydrogen-bond acceptors (Lipinski definition) is 3. The Hall–Kier alpha value is -1.06. The molecule has 0 spiro atoms. The van der Waals surface area contributed by atoms with Gasteiger partial charge in [-0.3, -0.25) is 0 Å². The number of aliphatic hydroxyl groups is 1. The molecule has 2 N–H and O–H groups in total. The van der Waals surface area contributed by atoms with E-state index in [0.717, 1.165) is 11.7 Å². The normalized spacial score (nSPS) is 24.4. The van der Waals surface area contributed by atoms with Crippen molar-refractivity contribution in [2.75, 3.05) is 13.2 Å². The van der Waals surface area contributed by atoms with Gasteiger partial charge in [0, 0.05) is 12.6 Å². The highest BCUT2D eigenvalue weighted by Crippen LogP contribution is 2.24. The van der Waals surface area contributed by atoms with Gasteiger partial charge >= 0.3 is 0 Å². The molecule has 3 nitrogen and oxygen atoms in total. The largest absolute Gasteiger partial charge is 0.491 e. The van der Waals surface area contributed by atoms with Crippen molar-refractivity contribution in [1.29, 1.82) is 0 Å². The van der Waals surface area contributed by atoms with Gasteiger partial charge in [-0.1, -0.05) is 25.5 Å². The second-order valence-corrected chi connectivity index (χ2v) is 5.70. The van der Waals surface area contributed by atoms with Gasteiger partial charge < -0.3 is 15.2 Å². The maximum Gasteiger partial charge on any atom is 0.119 e. The van der Waals surface area contributed by atoms with E-state index in [4.69, 9.17) is 4.74 Å². The van der Waals surface area contributed by atoms with Crippen LogP contribution in [0.1, 0.15) is 31.7 Å². The lowest BCUT2D eigenvalue weighted by Gasteiger charge is -2.20. The van der Waals surface area contributed by atoms with Gasteiger partial charge in [0.1, 0.15) is 18.5 Å². The number of aliphatic hydroxyl groups excluding tert-OH is 1. The topological polar surface area (TPSA) is 41.5 Å². The summed E-state index contributed by atoms with van der Waals surface area (Å²) in [5.41, 5.74) is 1.17. The van der Waals surface area contributed by atoms with E-state index in [1.807, 2.05) is 31.2 Å². The molecule has 0 aromatic heterocycles. The summed E-state index contributed by atoms with van der Waals surface area (Å²) in [7, 11) is 0. The van der Waals surface area contributed by atoms with E-state index in [0.29, 0.717) is 19.2 Å². The second-order valence-electron chi connectivity index (χ2n) is 5.70. The first-order valence-corrected chi connectivity index (χ1v) is 7.26. The molecule has 0 heterocycles. The first-order valence-electron chi connectivity index (χ1n) is 7.26. The Bertz CT molecular complexity index is 394. The molecule has 3 atom stereocenters. The minimum Gasteiger partial charge on any atom is -0.491 e. The SMILES string of the molecule is Cc1cccc(OCC(O)CNC2CCCC2C)c1. The van der Waals surface area contributed by atoms with E-state index >= 15 is 0 Å². The number of rotatable bonds is 6. The van der Waals surface area contributed by atoms with E-state index in [-0.39, 0.29) is 0 Å². The molecule has 1 saturated carbocycles. The van der Waals surface area contributed by atoms with Crippen LogP contribution in [0.4, 0.5) is 0 Å². The van der Waals surface area contributed by atoms with E-state index in [2.05, 4.69) is 12.2 Å². The molecule has 1 aliphatic carbocycles. The van der Waals surface area contributed by atoms with Crippen LogP contribution in [0.25, 0.3) is 0 Å². The Morgan fingerprint density at radius 3 is 2.95 bits per heavy atom. The van der Waals surface area contributed by atoms with Gasteiger partial charge in [-0.25, -0.2) is 0 Å². The number of nitrogens with one attached hydrogen (secondary N) is 1. The van der Waals surface area contributed by atoms with Crippen molar-refractivity contribution in [1.82, 2.24) is 5.32 Å². The van der Waals surface area contributed by atoms with E-state index < -0.39 is 6.10 Å². The van der Waals surface area contributed by atoms with Gasteiger partial charge in [0.25, 0.3) is 0 Å². The fraction of sp³-hybridized carbons (Fsp3) is 0.625. The van der Waals surface area contributed by atoms with Crippen LogP contribution < -0.4 is 10.1 Å². The van der Waals surface area contributed by atoms with Crippen LogP contribution in [0.5, 0.6) is 5.75 Å². The summed E-state index contributed by atoms with van der Waals surface area (Å²) in [6.45, 7) is 5.27. The predicted molar refractivity (Wildman–Crippen MR) is 77.5 cm³/mol. The quantitative estimate of drug-likeness (QED) is 0.828. The lowest BCUT2D eigenvalue weighted by atomic mass is 10.1. The van der Waals surface area contributed by atoms with Crippen molar-refractivity contribution in [3.63, 3.8) is 0 Å². The van der Waals surface area contributed by atoms with Gasteiger partial charge in [-0.05, 0) is 43.4 Å². The highest BCUT2D eigenvalue weighted by molar-refractivity contribution is 5.27. The molecule has 0 aliphatic heterocycles. The molecule has 0 radical (unpaired) electrons. The minimum atomic E-state index is -0.451. The van der Waals surface area contributed by atoms with Crippen LogP contribution in [-0.2, 0) is 0 Å². The highest BCUT2D eigenvalue weighted by atomic mass is 16.5. The van der Waals surface area contributed by atoms with Crippen molar-refractivity contribution in [2.24, 2.45) is 5.92 Å². The number of aryl methyl sites for hydroxylation is 1. The molecule has 0 saturated heterocycles. The third-order valence-electron chi connectivity index (χ3n) is 3.91. The Kier molecular flexibility index (Phi) is 5.23. The van der Waals surface area contributed by atoms with Gasteiger partial charge in [-0.2, -0.15) is 0 Å².